The van der Waals surface area contributed by atoms with E-state index in [2.05, 4.69) is 12.1 Å². The molecule has 0 aliphatic carbocycles. The lowest BCUT2D eigenvalue weighted by molar-refractivity contribution is 0.0736. The van der Waals surface area contributed by atoms with Crippen LogP contribution in [0.2, 0.25) is 0 Å². The summed E-state index contributed by atoms with van der Waals surface area (Å²) in [6.45, 7) is 1.40. The van der Waals surface area contributed by atoms with E-state index in [1.165, 1.54) is 4.88 Å². The molecule has 0 radical (unpaired) electrons. The number of hydrogen-bond donors (Lipinski definition) is 0. The van der Waals surface area contributed by atoms with Gasteiger partial charge in [0, 0.05) is 29.0 Å². The fourth-order valence-electron chi connectivity index (χ4n) is 2.84. The van der Waals surface area contributed by atoms with Gasteiger partial charge in [-0.2, -0.15) is 0 Å². The third-order valence-corrected chi connectivity index (χ3v) is 5.19. The number of fused-ring (bicyclic) bond motifs is 1. The highest BCUT2D eigenvalue weighted by Gasteiger charge is 2.25. The Hall–Kier alpha value is -2.46. The van der Waals surface area contributed by atoms with Crippen LogP contribution in [-0.4, -0.2) is 22.3 Å². The summed E-state index contributed by atoms with van der Waals surface area (Å²) in [7, 11) is 0. The number of benzene rings is 2. The topological polar surface area (TPSA) is 33.2 Å². The molecule has 2 aromatic carbocycles. The smallest absolute Gasteiger partial charge is 0.254 e. The van der Waals surface area contributed by atoms with Gasteiger partial charge < -0.3 is 4.90 Å². The first-order chi connectivity index (χ1) is 11.3. The first kappa shape index (κ1) is 14.2. The summed E-state index contributed by atoms with van der Waals surface area (Å²) in [5.74, 6) is 0.103. The molecule has 0 bridgehead atoms. The normalized spacial score (nSPS) is 13.7. The summed E-state index contributed by atoms with van der Waals surface area (Å²) in [6.07, 6.45) is 0.831. The van der Waals surface area contributed by atoms with Gasteiger partial charge in [0.05, 0.1) is 12.2 Å². The van der Waals surface area contributed by atoms with Gasteiger partial charge in [0.25, 0.3) is 5.91 Å². The summed E-state index contributed by atoms with van der Waals surface area (Å²) in [6, 6.07) is 19.7. The summed E-state index contributed by atoms with van der Waals surface area (Å²) in [5, 5.41) is 1.05. The van der Waals surface area contributed by atoms with Crippen molar-refractivity contribution >= 4 is 17.2 Å². The van der Waals surface area contributed by atoms with Crippen LogP contribution in [0, 0.1) is 0 Å². The number of rotatable bonds is 2. The van der Waals surface area contributed by atoms with Crippen molar-refractivity contribution in [2.45, 2.75) is 13.0 Å². The lowest BCUT2D eigenvalue weighted by atomic mass is 10.1. The minimum Gasteiger partial charge on any atom is -0.333 e. The molecule has 1 aliphatic rings. The summed E-state index contributed by atoms with van der Waals surface area (Å²) < 4.78 is 0. The summed E-state index contributed by atoms with van der Waals surface area (Å²) in [5.41, 5.74) is 3.04. The van der Waals surface area contributed by atoms with Crippen molar-refractivity contribution in [2.75, 3.05) is 6.54 Å². The lowest BCUT2D eigenvalue weighted by Crippen LogP contribution is -2.35. The van der Waals surface area contributed by atoms with Crippen molar-refractivity contribution in [1.82, 2.24) is 9.88 Å². The van der Waals surface area contributed by atoms with E-state index in [0.717, 1.165) is 34.8 Å². The highest BCUT2D eigenvalue weighted by molar-refractivity contribution is 7.15. The van der Waals surface area contributed by atoms with Crippen LogP contribution >= 0.6 is 11.3 Å². The molecule has 0 unspecified atom stereocenters. The zero-order chi connectivity index (χ0) is 15.6. The van der Waals surface area contributed by atoms with Gasteiger partial charge in [-0.3, -0.25) is 4.79 Å². The van der Waals surface area contributed by atoms with E-state index in [1.54, 1.807) is 11.3 Å². The highest BCUT2D eigenvalue weighted by Crippen LogP contribution is 2.31. The average molecular weight is 320 g/mol. The lowest BCUT2D eigenvalue weighted by Gasteiger charge is -2.26. The molecule has 0 saturated heterocycles. The van der Waals surface area contributed by atoms with Crippen LogP contribution in [-0.2, 0) is 13.0 Å². The van der Waals surface area contributed by atoms with Crippen molar-refractivity contribution in [3.05, 3.63) is 76.8 Å². The third-order valence-electron chi connectivity index (χ3n) is 4.06. The Morgan fingerprint density at radius 2 is 1.70 bits per heavy atom. The van der Waals surface area contributed by atoms with Gasteiger partial charge in [-0.05, 0) is 12.1 Å². The van der Waals surface area contributed by atoms with E-state index in [9.17, 15) is 4.79 Å². The second-order valence-electron chi connectivity index (χ2n) is 5.60. The largest absolute Gasteiger partial charge is 0.333 e. The molecule has 3 aromatic rings. The van der Waals surface area contributed by atoms with E-state index in [-0.39, 0.29) is 5.91 Å². The highest BCUT2D eigenvalue weighted by atomic mass is 32.1. The first-order valence-corrected chi connectivity index (χ1v) is 8.51. The number of nitrogens with zero attached hydrogens (tertiary/aromatic N) is 2. The maximum absolute atomic E-state index is 12.6. The van der Waals surface area contributed by atoms with Crippen molar-refractivity contribution in [3.8, 4) is 10.6 Å². The van der Waals surface area contributed by atoms with Gasteiger partial charge in [-0.25, -0.2) is 4.98 Å². The second-order valence-corrected chi connectivity index (χ2v) is 6.68. The van der Waals surface area contributed by atoms with Crippen LogP contribution in [0.3, 0.4) is 0 Å². The predicted molar refractivity (Wildman–Crippen MR) is 92.4 cm³/mol. The molecule has 1 amide bonds. The number of carbonyl (C=O) groups excluding carboxylic acids is 1. The van der Waals surface area contributed by atoms with Crippen molar-refractivity contribution in [3.63, 3.8) is 0 Å². The SMILES string of the molecule is O=C(c1ccccc1)N1CCc2nc(-c3ccccc3)sc2C1. The number of hydrogen-bond acceptors (Lipinski definition) is 3. The fraction of sp³-hybridized carbons (Fsp3) is 0.158. The van der Waals surface area contributed by atoms with Gasteiger partial charge >= 0.3 is 0 Å². The molecule has 4 rings (SSSR count). The van der Waals surface area contributed by atoms with Crippen LogP contribution < -0.4 is 0 Å². The molecule has 1 aliphatic heterocycles. The molecule has 0 N–H and O–H groups in total. The Balaban J connectivity index is 1.58. The van der Waals surface area contributed by atoms with Crippen LogP contribution in [0.1, 0.15) is 20.9 Å². The monoisotopic (exact) mass is 320 g/mol. The van der Waals surface area contributed by atoms with Crippen LogP contribution in [0.5, 0.6) is 0 Å². The minimum atomic E-state index is 0.103. The van der Waals surface area contributed by atoms with Gasteiger partial charge in [0.2, 0.25) is 0 Å². The first-order valence-electron chi connectivity index (χ1n) is 7.69. The van der Waals surface area contributed by atoms with Crippen molar-refractivity contribution in [1.29, 1.82) is 0 Å². The van der Waals surface area contributed by atoms with E-state index in [1.807, 2.05) is 53.4 Å². The third kappa shape index (κ3) is 2.78. The average Bonchev–Trinajstić information content (AvgIpc) is 3.06. The maximum Gasteiger partial charge on any atom is 0.254 e. The molecule has 0 fully saturated rings. The standard InChI is InChI=1S/C19H16N2OS/c22-19(15-9-5-2-6-10-15)21-12-11-16-17(13-21)23-18(20-16)14-7-3-1-4-8-14/h1-10H,11-13H2. The number of thiazole rings is 1. The molecule has 0 saturated carbocycles. The molecule has 0 spiro atoms. The van der Waals surface area contributed by atoms with Gasteiger partial charge in [-0.1, -0.05) is 48.5 Å². The Bertz CT molecular complexity index is 827. The Morgan fingerprint density at radius 3 is 2.43 bits per heavy atom. The van der Waals surface area contributed by atoms with E-state index in [4.69, 9.17) is 4.98 Å². The van der Waals surface area contributed by atoms with E-state index in [0.29, 0.717) is 6.54 Å². The Kier molecular flexibility index (Phi) is 3.67. The van der Waals surface area contributed by atoms with Crippen LogP contribution in [0.15, 0.2) is 60.7 Å². The molecule has 1 aromatic heterocycles. The van der Waals surface area contributed by atoms with Crippen molar-refractivity contribution in [2.24, 2.45) is 0 Å². The Morgan fingerprint density at radius 1 is 1.00 bits per heavy atom. The van der Waals surface area contributed by atoms with Gasteiger partial charge in [0.15, 0.2) is 0 Å². The molecule has 114 valence electrons. The Labute approximate surface area is 139 Å². The zero-order valence-electron chi connectivity index (χ0n) is 12.6. The van der Waals surface area contributed by atoms with Crippen molar-refractivity contribution < 1.29 is 4.79 Å². The van der Waals surface area contributed by atoms with E-state index < -0.39 is 0 Å². The maximum atomic E-state index is 12.6. The molecule has 4 heteroatoms. The van der Waals surface area contributed by atoms with Crippen LogP contribution in [0.25, 0.3) is 10.6 Å². The number of aromatic nitrogens is 1. The molecular weight excluding hydrogens is 304 g/mol. The second kappa shape index (κ2) is 5.97. The predicted octanol–water partition coefficient (Wildman–Crippen LogP) is 4.01. The summed E-state index contributed by atoms with van der Waals surface area (Å²) >= 11 is 1.70. The van der Waals surface area contributed by atoms with E-state index >= 15 is 0 Å². The molecule has 0 atom stereocenters. The fourth-order valence-corrected chi connectivity index (χ4v) is 3.97. The molecular formula is C19H16N2OS. The molecule has 23 heavy (non-hydrogen) atoms. The molecule has 2 heterocycles. The minimum absolute atomic E-state index is 0.103. The van der Waals surface area contributed by atoms with Gasteiger partial charge in [-0.15, -0.1) is 11.3 Å². The van der Waals surface area contributed by atoms with Crippen LogP contribution in [0.4, 0.5) is 0 Å². The number of amides is 1. The summed E-state index contributed by atoms with van der Waals surface area (Å²) in [4.78, 5) is 20.5. The number of carbonyl (C=O) groups is 1. The quantitative estimate of drug-likeness (QED) is 0.715. The zero-order valence-corrected chi connectivity index (χ0v) is 13.4. The molecule has 3 nitrogen and oxygen atoms in total. The van der Waals surface area contributed by atoms with Gasteiger partial charge in [0.1, 0.15) is 5.01 Å².